The number of Topliss-reactive ketones (excluding diaryl/α,β-unsaturated/α-hetero) is 1. The van der Waals surface area contributed by atoms with E-state index in [0.29, 0.717) is 19.3 Å². The van der Waals surface area contributed by atoms with Gasteiger partial charge in [-0.2, -0.15) is 0 Å². The van der Waals surface area contributed by atoms with Crippen molar-refractivity contribution in [2.24, 2.45) is 16.7 Å². The maximum absolute atomic E-state index is 12.1. The Morgan fingerprint density at radius 1 is 1.24 bits per heavy atom. The Balaban J connectivity index is 2.68. The molecule has 0 unspecified atom stereocenters. The van der Waals surface area contributed by atoms with E-state index in [1.807, 2.05) is 27.7 Å². The third-order valence-corrected chi connectivity index (χ3v) is 4.18. The number of carbonyl (C=O) groups is 2. The Bertz CT molecular complexity index is 304. The molecule has 3 heteroatoms. The summed E-state index contributed by atoms with van der Waals surface area (Å²) in [6, 6.07) is 0. The molecule has 1 N–H and O–H groups in total. The number of aliphatic carboxylic acids is 1. The molecule has 0 spiro atoms. The minimum atomic E-state index is -0.693. The molecule has 1 aliphatic carbocycles. The van der Waals surface area contributed by atoms with Crippen LogP contribution in [0, 0.1) is 16.7 Å². The summed E-state index contributed by atoms with van der Waals surface area (Å²) in [6.07, 6.45) is 3.42. The van der Waals surface area contributed by atoms with E-state index in [2.05, 4.69) is 0 Å². The smallest absolute Gasteiger partial charge is 0.309 e. The first-order valence-corrected chi connectivity index (χ1v) is 6.50. The number of carboxylic acids is 1. The van der Waals surface area contributed by atoms with Gasteiger partial charge in [-0.1, -0.05) is 27.7 Å². The normalized spacial score (nSPS) is 30.0. The summed E-state index contributed by atoms with van der Waals surface area (Å²) in [4.78, 5) is 23.4. The lowest BCUT2D eigenvalue weighted by Gasteiger charge is -2.37. The van der Waals surface area contributed by atoms with Gasteiger partial charge in [0, 0.05) is 11.3 Å². The van der Waals surface area contributed by atoms with Crippen molar-refractivity contribution >= 4 is 11.8 Å². The van der Waals surface area contributed by atoms with Crippen LogP contribution in [0.3, 0.4) is 0 Å². The first-order valence-electron chi connectivity index (χ1n) is 6.50. The van der Waals surface area contributed by atoms with E-state index in [0.717, 1.165) is 12.8 Å². The second-order valence-electron chi connectivity index (χ2n) is 6.33. The third kappa shape index (κ3) is 2.88. The molecule has 0 aromatic rings. The number of carboxylic acid groups (broad SMARTS) is 1. The van der Waals surface area contributed by atoms with Crippen molar-refractivity contribution in [1.29, 1.82) is 0 Å². The molecule has 3 nitrogen and oxygen atoms in total. The first-order chi connectivity index (χ1) is 7.73. The summed E-state index contributed by atoms with van der Waals surface area (Å²) in [7, 11) is 0. The molecule has 1 aliphatic rings. The summed E-state index contributed by atoms with van der Waals surface area (Å²) in [5.74, 6) is -0.344. The zero-order valence-corrected chi connectivity index (χ0v) is 11.4. The Labute approximate surface area is 104 Å². The molecule has 1 saturated carbocycles. The van der Waals surface area contributed by atoms with Crippen LogP contribution >= 0.6 is 0 Å². The largest absolute Gasteiger partial charge is 0.481 e. The van der Waals surface area contributed by atoms with E-state index in [-0.39, 0.29) is 17.1 Å². The summed E-state index contributed by atoms with van der Waals surface area (Å²) >= 11 is 0. The standard InChI is InChI=1S/C14H24O3/c1-5-14(12(16)17)8-6-10(7-9-14)11(15)13(2,3)4/h10H,5-9H2,1-4H3,(H,16,17). The number of ketones is 1. The van der Waals surface area contributed by atoms with Crippen LogP contribution in [0.5, 0.6) is 0 Å². The van der Waals surface area contributed by atoms with Gasteiger partial charge in [-0.15, -0.1) is 0 Å². The van der Waals surface area contributed by atoms with Crippen molar-refractivity contribution in [2.45, 2.75) is 59.8 Å². The molecule has 0 radical (unpaired) electrons. The average Bonchev–Trinajstić information content (AvgIpc) is 2.26. The minimum absolute atomic E-state index is 0.0639. The molecule has 0 amide bonds. The molecule has 1 rings (SSSR count). The monoisotopic (exact) mass is 240 g/mol. The lowest BCUT2D eigenvalue weighted by atomic mass is 9.66. The van der Waals surface area contributed by atoms with Gasteiger partial charge in [-0.25, -0.2) is 0 Å². The van der Waals surface area contributed by atoms with Crippen LogP contribution in [0.4, 0.5) is 0 Å². The van der Waals surface area contributed by atoms with E-state index < -0.39 is 11.4 Å². The van der Waals surface area contributed by atoms with Crippen molar-refractivity contribution < 1.29 is 14.7 Å². The molecule has 0 bridgehead atoms. The summed E-state index contributed by atoms with van der Waals surface area (Å²) in [6.45, 7) is 7.75. The lowest BCUT2D eigenvalue weighted by Crippen LogP contribution is -2.39. The van der Waals surface area contributed by atoms with Crippen molar-refractivity contribution in [3.63, 3.8) is 0 Å². The maximum atomic E-state index is 12.1. The highest BCUT2D eigenvalue weighted by molar-refractivity contribution is 5.86. The Morgan fingerprint density at radius 3 is 2.00 bits per heavy atom. The first kappa shape index (κ1) is 14.2. The highest BCUT2D eigenvalue weighted by atomic mass is 16.4. The topological polar surface area (TPSA) is 54.4 Å². The zero-order chi connectivity index (χ0) is 13.3. The van der Waals surface area contributed by atoms with Gasteiger partial charge in [0.15, 0.2) is 0 Å². The van der Waals surface area contributed by atoms with Gasteiger partial charge in [0.05, 0.1) is 5.41 Å². The fourth-order valence-electron chi connectivity index (χ4n) is 2.76. The molecule has 0 atom stereocenters. The van der Waals surface area contributed by atoms with E-state index >= 15 is 0 Å². The van der Waals surface area contributed by atoms with Gasteiger partial charge >= 0.3 is 5.97 Å². The van der Waals surface area contributed by atoms with Crippen LogP contribution in [0.2, 0.25) is 0 Å². The van der Waals surface area contributed by atoms with Gasteiger partial charge in [-0.3, -0.25) is 9.59 Å². The van der Waals surface area contributed by atoms with Crippen LogP contribution in [0.15, 0.2) is 0 Å². The highest BCUT2D eigenvalue weighted by Crippen LogP contribution is 2.43. The number of carbonyl (C=O) groups excluding carboxylic acids is 1. The Hall–Kier alpha value is -0.860. The molecule has 0 aliphatic heterocycles. The van der Waals surface area contributed by atoms with Crippen molar-refractivity contribution in [3.8, 4) is 0 Å². The molecule has 98 valence electrons. The van der Waals surface area contributed by atoms with E-state index in [9.17, 15) is 14.7 Å². The highest BCUT2D eigenvalue weighted by Gasteiger charge is 2.43. The molecular formula is C14H24O3. The molecule has 0 aromatic heterocycles. The molecular weight excluding hydrogens is 216 g/mol. The lowest BCUT2D eigenvalue weighted by molar-refractivity contribution is -0.153. The fourth-order valence-corrected chi connectivity index (χ4v) is 2.76. The fraction of sp³-hybridized carbons (Fsp3) is 0.857. The predicted octanol–water partition coefficient (Wildman–Crippen LogP) is 3.27. The molecule has 17 heavy (non-hydrogen) atoms. The van der Waals surface area contributed by atoms with Gasteiger partial charge in [0.25, 0.3) is 0 Å². The third-order valence-electron chi connectivity index (χ3n) is 4.18. The molecule has 0 aromatic carbocycles. The van der Waals surface area contributed by atoms with E-state index in [4.69, 9.17) is 0 Å². The van der Waals surface area contributed by atoms with Crippen LogP contribution in [0.1, 0.15) is 59.8 Å². The minimum Gasteiger partial charge on any atom is -0.481 e. The number of hydrogen-bond donors (Lipinski definition) is 1. The van der Waals surface area contributed by atoms with Crippen molar-refractivity contribution in [2.75, 3.05) is 0 Å². The average molecular weight is 240 g/mol. The summed E-state index contributed by atoms with van der Waals surface area (Å²) in [5.41, 5.74) is -0.880. The van der Waals surface area contributed by atoms with Crippen LogP contribution in [-0.2, 0) is 9.59 Å². The quantitative estimate of drug-likeness (QED) is 0.823. The second kappa shape index (κ2) is 4.79. The second-order valence-corrected chi connectivity index (χ2v) is 6.33. The molecule has 0 saturated heterocycles. The molecule has 0 heterocycles. The SMILES string of the molecule is CCC1(C(=O)O)CCC(C(=O)C(C)(C)C)CC1. The van der Waals surface area contributed by atoms with E-state index in [1.54, 1.807) is 0 Å². The predicted molar refractivity (Wildman–Crippen MR) is 66.8 cm³/mol. The van der Waals surface area contributed by atoms with Gasteiger partial charge in [0.1, 0.15) is 5.78 Å². The Morgan fingerprint density at radius 2 is 1.71 bits per heavy atom. The van der Waals surface area contributed by atoms with Gasteiger partial charge < -0.3 is 5.11 Å². The summed E-state index contributed by atoms with van der Waals surface area (Å²) in [5, 5.41) is 9.29. The van der Waals surface area contributed by atoms with Gasteiger partial charge in [0.2, 0.25) is 0 Å². The maximum Gasteiger partial charge on any atom is 0.309 e. The number of rotatable bonds is 3. The van der Waals surface area contributed by atoms with Crippen LogP contribution in [0.25, 0.3) is 0 Å². The van der Waals surface area contributed by atoms with Crippen LogP contribution in [-0.4, -0.2) is 16.9 Å². The van der Waals surface area contributed by atoms with Gasteiger partial charge in [-0.05, 0) is 32.1 Å². The van der Waals surface area contributed by atoms with Crippen LogP contribution < -0.4 is 0 Å². The van der Waals surface area contributed by atoms with Crippen molar-refractivity contribution in [3.05, 3.63) is 0 Å². The van der Waals surface area contributed by atoms with Crippen molar-refractivity contribution in [1.82, 2.24) is 0 Å². The summed E-state index contributed by atoms with van der Waals surface area (Å²) < 4.78 is 0. The zero-order valence-electron chi connectivity index (χ0n) is 11.4. The number of hydrogen-bond acceptors (Lipinski definition) is 2. The Kier molecular flexibility index (Phi) is 4.00. The van der Waals surface area contributed by atoms with E-state index in [1.165, 1.54) is 0 Å². The molecule has 1 fully saturated rings.